The summed E-state index contributed by atoms with van der Waals surface area (Å²) in [6, 6.07) is 2.40. The minimum Gasteiger partial charge on any atom is -0.439 e. The van der Waals surface area contributed by atoms with E-state index in [1.54, 1.807) is 10.9 Å². The molecule has 0 aliphatic carbocycles. The molecule has 2 aromatic rings. The summed E-state index contributed by atoms with van der Waals surface area (Å²) >= 11 is 0. The maximum absolute atomic E-state index is 5.64. The first-order valence-electron chi connectivity index (χ1n) is 5.83. The second-order valence-corrected chi connectivity index (χ2v) is 4.35. The van der Waals surface area contributed by atoms with E-state index in [1.807, 2.05) is 19.3 Å². The van der Waals surface area contributed by atoms with Crippen LogP contribution in [0.5, 0.6) is 0 Å². The van der Waals surface area contributed by atoms with Gasteiger partial charge in [-0.3, -0.25) is 4.68 Å². The number of hydrogen-bond acceptors (Lipinski definition) is 4. The van der Waals surface area contributed by atoms with Crippen molar-refractivity contribution in [1.82, 2.24) is 20.1 Å². The van der Waals surface area contributed by atoms with Gasteiger partial charge in [0.2, 0.25) is 0 Å². The van der Waals surface area contributed by atoms with Gasteiger partial charge in [-0.2, -0.15) is 5.10 Å². The minimum atomic E-state index is 0.486. The van der Waals surface area contributed by atoms with Crippen LogP contribution in [0.15, 0.2) is 22.9 Å². The SMILES string of the molecule is CC(C)NCCc1ncc(-c2ccn(C)n2)o1. The van der Waals surface area contributed by atoms with Crippen molar-refractivity contribution in [3.63, 3.8) is 0 Å². The van der Waals surface area contributed by atoms with E-state index < -0.39 is 0 Å². The molecule has 0 saturated carbocycles. The smallest absolute Gasteiger partial charge is 0.196 e. The highest BCUT2D eigenvalue weighted by Gasteiger charge is 2.08. The highest BCUT2D eigenvalue weighted by atomic mass is 16.4. The minimum absolute atomic E-state index is 0.486. The summed E-state index contributed by atoms with van der Waals surface area (Å²) in [7, 11) is 1.88. The Morgan fingerprint density at radius 1 is 1.47 bits per heavy atom. The lowest BCUT2D eigenvalue weighted by atomic mass is 10.3. The molecule has 0 fully saturated rings. The maximum atomic E-state index is 5.64. The van der Waals surface area contributed by atoms with Crippen LogP contribution >= 0.6 is 0 Å². The monoisotopic (exact) mass is 234 g/mol. The van der Waals surface area contributed by atoms with E-state index >= 15 is 0 Å². The first-order valence-corrected chi connectivity index (χ1v) is 5.83. The van der Waals surface area contributed by atoms with Gasteiger partial charge in [-0.15, -0.1) is 0 Å². The van der Waals surface area contributed by atoms with Gasteiger partial charge in [-0.1, -0.05) is 13.8 Å². The van der Waals surface area contributed by atoms with Crippen LogP contribution in [0, 0.1) is 0 Å². The fourth-order valence-electron chi connectivity index (χ4n) is 1.56. The molecule has 0 radical (unpaired) electrons. The second-order valence-electron chi connectivity index (χ2n) is 4.35. The zero-order valence-electron chi connectivity index (χ0n) is 10.5. The molecule has 0 spiro atoms. The Hall–Kier alpha value is -1.62. The van der Waals surface area contributed by atoms with Crippen molar-refractivity contribution in [3.8, 4) is 11.5 Å². The van der Waals surface area contributed by atoms with Crippen molar-refractivity contribution in [2.75, 3.05) is 6.54 Å². The van der Waals surface area contributed by atoms with Crippen molar-refractivity contribution < 1.29 is 4.42 Å². The lowest BCUT2D eigenvalue weighted by Crippen LogP contribution is -2.24. The zero-order valence-corrected chi connectivity index (χ0v) is 10.5. The highest BCUT2D eigenvalue weighted by molar-refractivity contribution is 5.49. The molecule has 92 valence electrons. The van der Waals surface area contributed by atoms with Crippen molar-refractivity contribution in [3.05, 3.63) is 24.4 Å². The number of aromatic nitrogens is 3. The highest BCUT2D eigenvalue weighted by Crippen LogP contribution is 2.17. The standard InChI is InChI=1S/C12H18N4O/c1-9(2)13-6-4-12-14-8-11(17-12)10-5-7-16(3)15-10/h5,7-9,13H,4,6H2,1-3H3. The topological polar surface area (TPSA) is 55.9 Å². The molecule has 17 heavy (non-hydrogen) atoms. The molecule has 0 aromatic carbocycles. The zero-order chi connectivity index (χ0) is 12.3. The molecule has 0 amide bonds. The largest absolute Gasteiger partial charge is 0.439 e. The van der Waals surface area contributed by atoms with Crippen LogP contribution in [-0.4, -0.2) is 27.4 Å². The summed E-state index contributed by atoms with van der Waals surface area (Å²) in [5, 5.41) is 7.60. The Morgan fingerprint density at radius 2 is 2.29 bits per heavy atom. The molecular formula is C12H18N4O. The number of aryl methyl sites for hydroxylation is 1. The van der Waals surface area contributed by atoms with Crippen molar-refractivity contribution in [1.29, 1.82) is 0 Å². The fourth-order valence-corrected chi connectivity index (χ4v) is 1.56. The average Bonchev–Trinajstić information content (AvgIpc) is 2.86. The molecule has 0 saturated heterocycles. The van der Waals surface area contributed by atoms with E-state index in [2.05, 4.69) is 29.2 Å². The van der Waals surface area contributed by atoms with Gasteiger partial charge in [-0.05, 0) is 6.07 Å². The number of nitrogens with zero attached hydrogens (tertiary/aromatic N) is 3. The third-order valence-corrected chi connectivity index (χ3v) is 2.41. The average molecular weight is 234 g/mol. The summed E-state index contributed by atoms with van der Waals surface area (Å²) in [6.45, 7) is 5.11. The van der Waals surface area contributed by atoms with Gasteiger partial charge in [-0.25, -0.2) is 4.98 Å². The molecule has 0 aliphatic heterocycles. The van der Waals surface area contributed by atoms with Crippen LogP contribution < -0.4 is 5.32 Å². The predicted molar refractivity (Wildman–Crippen MR) is 65.5 cm³/mol. The fraction of sp³-hybridized carbons (Fsp3) is 0.500. The Morgan fingerprint density at radius 3 is 2.94 bits per heavy atom. The van der Waals surface area contributed by atoms with Crippen LogP contribution in [0.1, 0.15) is 19.7 Å². The van der Waals surface area contributed by atoms with Crippen molar-refractivity contribution in [2.45, 2.75) is 26.3 Å². The van der Waals surface area contributed by atoms with E-state index in [-0.39, 0.29) is 0 Å². The van der Waals surface area contributed by atoms with E-state index in [4.69, 9.17) is 4.42 Å². The Labute approximate surface area is 101 Å². The molecular weight excluding hydrogens is 216 g/mol. The molecule has 0 aliphatic rings. The Kier molecular flexibility index (Phi) is 3.58. The summed E-state index contributed by atoms with van der Waals surface area (Å²) in [6.07, 6.45) is 4.41. The maximum Gasteiger partial charge on any atom is 0.196 e. The molecule has 5 nitrogen and oxygen atoms in total. The molecule has 2 heterocycles. The van der Waals surface area contributed by atoms with Gasteiger partial charge >= 0.3 is 0 Å². The Bertz CT molecular complexity index is 472. The summed E-state index contributed by atoms with van der Waals surface area (Å²) < 4.78 is 7.39. The van der Waals surface area contributed by atoms with Gasteiger partial charge in [0.1, 0.15) is 5.69 Å². The summed E-state index contributed by atoms with van der Waals surface area (Å²) in [5.41, 5.74) is 0.822. The quantitative estimate of drug-likeness (QED) is 0.854. The van der Waals surface area contributed by atoms with E-state index in [0.29, 0.717) is 6.04 Å². The van der Waals surface area contributed by atoms with Crippen LogP contribution in [-0.2, 0) is 13.5 Å². The van der Waals surface area contributed by atoms with Crippen LogP contribution in [0.25, 0.3) is 11.5 Å². The van der Waals surface area contributed by atoms with Gasteiger partial charge in [0.25, 0.3) is 0 Å². The van der Waals surface area contributed by atoms with Crippen LogP contribution in [0.3, 0.4) is 0 Å². The summed E-state index contributed by atoms with van der Waals surface area (Å²) in [4.78, 5) is 4.24. The van der Waals surface area contributed by atoms with E-state index in [0.717, 1.165) is 30.3 Å². The van der Waals surface area contributed by atoms with Gasteiger partial charge < -0.3 is 9.73 Å². The first kappa shape index (κ1) is 11.9. The van der Waals surface area contributed by atoms with Gasteiger partial charge in [0, 0.05) is 32.3 Å². The molecule has 0 bridgehead atoms. The molecule has 5 heteroatoms. The first-order chi connectivity index (χ1) is 8.15. The van der Waals surface area contributed by atoms with Crippen LogP contribution in [0.2, 0.25) is 0 Å². The molecule has 0 unspecified atom stereocenters. The molecule has 2 aromatic heterocycles. The molecule has 0 atom stereocenters. The number of oxazole rings is 1. The Balaban J connectivity index is 1.96. The van der Waals surface area contributed by atoms with E-state index in [1.165, 1.54) is 0 Å². The van der Waals surface area contributed by atoms with Gasteiger partial charge in [0.05, 0.1) is 6.20 Å². The molecule has 1 N–H and O–H groups in total. The lowest BCUT2D eigenvalue weighted by molar-refractivity contribution is 0.483. The third kappa shape index (κ3) is 3.17. The predicted octanol–water partition coefficient (Wildman–Crippen LogP) is 1.62. The van der Waals surface area contributed by atoms with E-state index in [9.17, 15) is 0 Å². The number of rotatable bonds is 5. The number of hydrogen-bond donors (Lipinski definition) is 1. The second kappa shape index (κ2) is 5.14. The number of nitrogens with one attached hydrogen (secondary N) is 1. The van der Waals surface area contributed by atoms with Crippen LogP contribution in [0.4, 0.5) is 0 Å². The lowest BCUT2D eigenvalue weighted by Gasteiger charge is -2.05. The van der Waals surface area contributed by atoms with Gasteiger partial charge in [0.15, 0.2) is 11.7 Å². The molecule has 2 rings (SSSR count). The van der Waals surface area contributed by atoms with Crippen molar-refractivity contribution in [2.24, 2.45) is 7.05 Å². The third-order valence-electron chi connectivity index (χ3n) is 2.41. The normalized spacial score (nSPS) is 11.3. The van der Waals surface area contributed by atoms with Crippen molar-refractivity contribution >= 4 is 0 Å². The summed E-state index contributed by atoms with van der Waals surface area (Å²) in [5.74, 6) is 1.48.